The van der Waals surface area contributed by atoms with Gasteiger partial charge in [-0.15, -0.1) is 0 Å². The molecule has 0 N–H and O–H groups in total. The predicted octanol–water partition coefficient (Wildman–Crippen LogP) is 3.86. The highest BCUT2D eigenvalue weighted by Gasteiger charge is 2.13. The normalized spacial score (nSPS) is 13.3. The summed E-state index contributed by atoms with van der Waals surface area (Å²) in [6.07, 6.45) is 3.65. The van der Waals surface area contributed by atoms with Gasteiger partial charge in [-0.2, -0.15) is 0 Å². The molecule has 0 aliphatic carbocycles. The summed E-state index contributed by atoms with van der Waals surface area (Å²) in [5.74, 6) is 0. The van der Waals surface area contributed by atoms with Gasteiger partial charge in [-0.25, -0.2) is 4.57 Å². The molecule has 2 heteroatoms. The van der Waals surface area contributed by atoms with E-state index in [0.717, 1.165) is 16.8 Å². The molecule has 2 aromatic heterocycles. The third kappa shape index (κ3) is 2.70. The molecule has 0 saturated heterocycles. The number of hydrogen-bond donors (Lipinski definition) is 0. The second-order valence-electron chi connectivity index (χ2n) is 5.16. The first kappa shape index (κ1) is 10.3. The van der Waals surface area contributed by atoms with Crippen molar-refractivity contribution in [1.29, 1.82) is 0 Å². The van der Waals surface area contributed by atoms with Crippen LogP contribution in [0.4, 0.5) is 0 Å². The van der Waals surface area contributed by atoms with Crippen molar-refractivity contribution < 1.29 is 8.68 Å². The zero-order valence-corrected chi connectivity index (χ0v) is 12.2. The SMILES string of the molecule is [2H]C([2H])([2H])c1ccc(-c2ccc(-c3ccccc3C)[n+](C)c2)cn1. The predicted molar refractivity (Wildman–Crippen MR) is 85.8 cm³/mol. The molecule has 104 valence electrons. The first-order chi connectivity index (χ1) is 11.4. The van der Waals surface area contributed by atoms with Crippen LogP contribution in [0.3, 0.4) is 0 Å². The summed E-state index contributed by atoms with van der Waals surface area (Å²) in [6.45, 7) is -0.0708. The molecular formula is C19H19N2+. The van der Waals surface area contributed by atoms with E-state index in [9.17, 15) is 0 Å². The number of benzene rings is 1. The lowest BCUT2D eigenvalue weighted by Gasteiger charge is -2.06. The van der Waals surface area contributed by atoms with Gasteiger partial charge in [-0.05, 0) is 37.5 Å². The molecule has 0 unspecified atom stereocenters. The number of aryl methyl sites for hydroxylation is 3. The van der Waals surface area contributed by atoms with E-state index in [-0.39, 0.29) is 5.69 Å². The molecule has 21 heavy (non-hydrogen) atoms. The lowest BCUT2D eigenvalue weighted by atomic mass is 10.0. The topological polar surface area (TPSA) is 16.8 Å². The molecule has 3 aromatic rings. The van der Waals surface area contributed by atoms with Gasteiger partial charge in [0.25, 0.3) is 0 Å². The van der Waals surface area contributed by atoms with Gasteiger partial charge in [0, 0.05) is 38.8 Å². The monoisotopic (exact) mass is 278 g/mol. The summed E-state index contributed by atoms with van der Waals surface area (Å²) >= 11 is 0. The summed E-state index contributed by atoms with van der Waals surface area (Å²) < 4.78 is 24.3. The van der Waals surface area contributed by atoms with Crippen LogP contribution in [0.5, 0.6) is 0 Å². The number of pyridine rings is 2. The fraction of sp³-hybridized carbons (Fsp3) is 0.158. The van der Waals surface area contributed by atoms with Crippen LogP contribution in [0, 0.1) is 13.8 Å². The lowest BCUT2D eigenvalue weighted by molar-refractivity contribution is -0.659. The molecule has 0 saturated carbocycles. The first-order valence-corrected chi connectivity index (χ1v) is 6.89. The van der Waals surface area contributed by atoms with Crippen LogP contribution in [0.15, 0.2) is 60.9 Å². The largest absolute Gasteiger partial charge is 0.261 e. The maximum absolute atomic E-state index is 7.39. The third-order valence-corrected chi connectivity index (χ3v) is 3.65. The van der Waals surface area contributed by atoms with Crippen molar-refractivity contribution in [3.8, 4) is 22.4 Å². The molecule has 0 aliphatic rings. The van der Waals surface area contributed by atoms with E-state index in [1.165, 1.54) is 11.1 Å². The van der Waals surface area contributed by atoms with Crippen LogP contribution in [0.25, 0.3) is 22.4 Å². The molecule has 0 aliphatic heterocycles. The molecule has 0 fully saturated rings. The number of rotatable bonds is 2. The zero-order valence-electron chi connectivity index (χ0n) is 15.2. The fourth-order valence-electron chi connectivity index (χ4n) is 2.48. The van der Waals surface area contributed by atoms with Crippen molar-refractivity contribution in [1.82, 2.24) is 4.98 Å². The van der Waals surface area contributed by atoms with Gasteiger partial charge < -0.3 is 0 Å². The van der Waals surface area contributed by atoms with Gasteiger partial charge >= 0.3 is 0 Å². The number of nitrogens with zero attached hydrogens (tertiary/aromatic N) is 2. The van der Waals surface area contributed by atoms with Crippen LogP contribution in [-0.4, -0.2) is 4.98 Å². The van der Waals surface area contributed by atoms with Gasteiger partial charge in [0.05, 0.1) is 0 Å². The Labute approximate surface area is 130 Å². The highest BCUT2D eigenvalue weighted by molar-refractivity contribution is 5.65. The van der Waals surface area contributed by atoms with Crippen molar-refractivity contribution in [2.75, 3.05) is 0 Å². The Bertz CT molecular complexity index is 869. The van der Waals surface area contributed by atoms with Crippen molar-refractivity contribution in [3.05, 3.63) is 72.2 Å². The maximum atomic E-state index is 7.39. The molecule has 0 atom stereocenters. The second-order valence-corrected chi connectivity index (χ2v) is 5.16. The van der Waals surface area contributed by atoms with Gasteiger partial charge in [-0.3, -0.25) is 4.98 Å². The molecule has 0 amide bonds. The van der Waals surface area contributed by atoms with Gasteiger partial charge in [0.1, 0.15) is 7.05 Å². The van der Waals surface area contributed by atoms with Crippen molar-refractivity contribution in [2.45, 2.75) is 13.8 Å². The van der Waals surface area contributed by atoms with Crippen LogP contribution in [0.1, 0.15) is 15.4 Å². The van der Waals surface area contributed by atoms with E-state index in [1.807, 2.05) is 31.4 Å². The van der Waals surface area contributed by atoms with Gasteiger partial charge in [-0.1, -0.05) is 24.3 Å². The summed E-state index contributed by atoms with van der Waals surface area (Å²) in [6, 6.07) is 15.8. The Balaban J connectivity index is 1.97. The molecule has 2 nitrogen and oxygen atoms in total. The smallest absolute Gasteiger partial charge is 0.212 e. The highest BCUT2D eigenvalue weighted by Crippen LogP contribution is 2.23. The second kappa shape index (κ2) is 5.49. The van der Waals surface area contributed by atoms with Crippen LogP contribution >= 0.6 is 0 Å². The van der Waals surface area contributed by atoms with E-state index >= 15 is 0 Å². The van der Waals surface area contributed by atoms with Gasteiger partial charge in [0.2, 0.25) is 5.69 Å². The average molecular weight is 278 g/mol. The minimum atomic E-state index is -2.17. The Morgan fingerprint density at radius 1 is 1.00 bits per heavy atom. The summed E-state index contributed by atoms with van der Waals surface area (Å²) in [5.41, 5.74) is 5.57. The quantitative estimate of drug-likeness (QED) is 0.650. The van der Waals surface area contributed by atoms with E-state index in [0.29, 0.717) is 0 Å². The number of hydrogen-bond acceptors (Lipinski definition) is 1. The minimum Gasteiger partial charge on any atom is -0.261 e. The molecular weight excluding hydrogens is 256 g/mol. The summed E-state index contributed by atoms with van der Waals surface area (Å²) in [4.78, 5) is 4.08. The summed E-state index contributed by atoms with van der Waals surface area (Å²) in [5, 5.41) is 0. The number of aromatic nitrogens is 2. The van der Waals surface area contributed by atoms with Crippen molar-refractivity contribution in [3.63, 3.8) is 0 Å². The van der Waals surface area contributed by atoms with Crippen molar-refractivity contribution >= 4 is 0 Å². The van der Waals surface area contributed by atoms with E-state index in [2.05, 4.69) is 34.7 Å². The third-order valence-electron chi connectivity index (χ3n) is 3.65. The Morgan fingerprint density at radius 2 is 1.81 bits per heavy atom. The van der Waals surface area contributed by atoms with E-state index < -0.39 is 6.85 Å². The maximum Gasteiger partial charge on any atom is 0.212 e. The lowest BCUT2D eigenvalue weighted by Crippen LogP contribution is -2.30. The Morgan fingerprint density at radius 3 is 2.48 bits per heavy atom. The van der Waals surface area contributed by atoms with E-state index in [4.69, 9.17) is 4.11 Å². The van der Waals surface area contributed by atoms with Crippen LogP contribution in [-0.2, 0) is 7.05 Å². The highest BCUT2D eigenvalue weighted by atomic mass is 14.9. The fourth-order valence-corrected chi connectivity index (χ4v) is 2.48. The minimum absolute atomic E-state index is 0.118. The van der Waals surface area contributed by atoms with Gasteiger partial charge in [0.15, 0.2) is 6.20 Å². The molecule has 3 rings (SSSR count). The summed E-state index contributed by atoms with van der Waals surface area (Å²) in [7, 11) is 2.01. The Hall–Kier alpha value is -2.48. The standard InChI is InChI=1S/C19H19N2/c1-14-6-4-5-7-18(14)19-11-10-17(13-21(19)3)16-9-8-15(2)20-12-16/h4-13H,1-3H3/q+1/i2D3. The first-order valence-electron chi connectivity index (χ1n) is 8.39. The van der Waals surface area contributed by atoms with E-state index in [1.54, 1.807) is 18.3 Å². The van der Waals surface area contributed by atoms with Crippen LogP contribution in [0.2, 0.25) is 0 Å². The molecule has 1 aromatic carbocycles. The zero-order chi connectivity index (χ0) is 17.3. The Kier molecular flexibility index (Phi) is 2.68. The molecule has 2 heterocycles. The average Bonchev–Trinajstić information content (AvgIpc) is 2.55. The molecule has 0 bridgehead atoms. The van der Waals surface area contributed by atoms with Crippen LogP contribution < -0.4 is 4.57 Å². The molecule has 0 spiro atoms. The van der Waals surface area contributed by atoms with Crippen molar-refractivity contribution in [2.24, 2.45) is 7.05 Å². The molecule has 0 radical (unpaired) electrons.